The van der Waals surface area contributed by atoms with E-state index in [1.165, 1.54) is 18.2 Å². The van der Waals surface area contributed by atoms with Gasteiger partial charge in [0.05, 0.1) is 12.8 Å². The highest BCUT2D eigenvalue weighted by Crippen LogP contribution is 2.42. The second-order valence-electron chi connectivity index (χ2n) is 11.8. The zero-order valence-electron chi connectivity index (χ0n) is 25.6. The van der Waals surface area contributed by atoms with E-state index >= 15 is 0 Å². The average molecular weight is 578 g/mol. The first-order valence-electron chi connectivity index (χ1n) is 15.4. The van der Waals surface area contributed by atoms with Crippen molar-refractivity contribution in [1.29, 1.82) is 0 Å². The Morgan fingerprint density at radius 3 is 2.02 bits per heavy atom. The third-order valence-corrected chi connectivity index (χ3v) is 9.34. The summed E-state index contributed by atoms with van der Waals surface area (Å²) in [5.74, 6) is -1.07. The van der Waals surface area contributed by atoms with Crippen LogP contribution in [0.2, 0.25) is 0 Å². The molecule has 0 saturated carbocycles. The number of allylic oxidation sites excluding steroid dienone is 2. The first-order valence-corrected chi connectivity index (χ1v) is 15.4. The number of carbonyl (C=O) groups excluding carboxylic acids is 2. The van der Waals surface area contributed by atoms with Crippen LogP contribution in [0.25, 0.3) is 0 Å². The SMILES string of the molecule is COC(=O)C1C(C)=NC(C)=C(N(C=O)CCCN2CCC(c3ccccc3)(c3ccccc3)CC2)C1Cc1ccccc1. The van der Waals surface area contributed by atoms with Gasteiger partial charge >= 0.3 is 5.97 Å². The molecule has 0 radical (unpaired) electrons. The van der Waals surface area contributed by atoms with Crippen molar-refractivity contribution in [2.75, 3.05) is 33.3 Å². The summed E-state index contributed by atoms with van der Waals surface area (Å²) in [6, 6.07) is 31.9. The topological polar surface area (TPSA) is 62.2 Å². The maximum Gasteiger partial charge on any atom is 0.315 e. The molecular weight excluding hydrogens is 534 g/mol. The molecule has 0 N–H and O–H groups in total. The first kappa shape index (κ1) is 30.4. The summed E-state index contributed by atoms with van der Waals surface area (Å²) in [5.41, 5.74) is 6.24. The molecule has 0 spiro atoms. The number of rotatable bonds is 11. The van der Waals surface area contributed by atoms with Crippen molar-refractivity contribution in [2.24, 2.45) is 16.8 Å². The van der Waals surface area contributed by atoms with Gasteiger partial charge in [-0.25, -0.2) is 0 Å². The third-order valence-electron chi connectivity index (χ3n) is 9.34. The van der Waals surface area contributed by atoms with Crippen molar-refractivity contribution in [2.45, 2.75) is 44.9 Å². The highest BCUT2D eigenvalue weighted by atomic mass is 16.5. The van der Waals surface area contributed by atoms with Crippen LogP contribution in [-0.2, 0) is 26.2 Å². The lowest BCUT2D eigenvalue weighted by Crippen LogP contribution is -2.44. The standard InChI is InChI=1S/C37H43N3O3/c1-28-34(36(42)43-3)33(26-30-14-7-4-8-15-30)35(29(2)38-28)40(27-41)23-13-22-39-24-20-37(21-25-39,31-16-9-5-10-17-31)32-18-11-6-12-19-32/h4-12,14-19,27,33-34H,13,20-26H2,1-3H3. The van der Waals surface area contributed by atoms with Gasteiger partial charge in [0.25, 0.3) is 0 Å². The molecule has 0 bridgehead atoms. The van der Waals surface area contributed by atoms with Gasteiger partial charge in [0.1, 0.15) is 5.92 Å². The minimum atomic E-state index is -0.530. The Bertz CT molecular complexity index is 1390. The summed E-state index contributed by atoms with van der Waals surface area (Å²) >= 11 is 0. The van der Waals surface area contributed by atoms with E-state index in [0.717, 1.165) is 68.0 Å². The molecule has 5 rings (SSSR count). The minimum absolute atomic E-state index is 0.0152. The number of piperidine rings is 1. The quantitative estimate of drug-likeness (QED) is 0.199. The summed E-state index contributed by atoms with van der Waals surface area (Å²) in [5, 5.41) is 0. The van der Waals surface area contributed by atoms with Crippen LogP contribution in [0.1, 0.15) is 49.8 Å². The summed E-state index contributed by atoms with van der Waals surface area (Å²) in [6.07, 6.45) is 4.47. The highest BCUT2D eigenvalue weighted by Gasteiger charge is 2.40. The van der Waals surface area contributed by atoms with Crippen LogP contribution in [0.15, 0.2) is 107 Å². The Balaban J connectivity index is 1.28. The lowest BCUT2D eigenvalue weighted by molar-refractivity contribution is -0.144. The van der Waals surface area contributed by atoms with Crippen molar-refractivity contribution < 1.29 is 14.3 Å². The number of benzene rings is 3. The van der Waals surface area contributed by atoms with Gasteiger partial charge in [0, 0.05) is 29.3 Å². The van der Waals surface area contributed by atoms with Gasteiger partial charge < -0.3 is 14.5 Å². The van der Waals surface area contributed by atoms with E-state index < -0.39 is 5.92 Å². The summed E-state index contributed by atoms with van der Waals surface area (Å²) in [7, 11) is 1.42. The Morgan fingerprint density at radius 1 is 0.930 bits per heavy atom. The zero-order chi connectivity index (χ0) is 30.2. The largest absolute Gasteiger partial charge is 0.468 e. The van der Waals surface area contributed by atoms with Crippen LogP contribution in [-0.4, -0.2) is 61.2 Å². The van der Waals surface area contributed by atoms with Gasteiger partial charge in [-0.1, -0.05) is 91.0 Å². The molecule has 3 aromatic carbocycles. The van der Waals surface area contributed by atoms with E-state index in [-0.39, 0.29) is 17.3 Å². The van der Waals surface area contributed by atoms with Crippen molar-refractivity contribution in [1.82, 2.24) is 9.80 Å². The van der Waals surface area contributed by atoms with Crippen molar-refractivity contribution in [3.05, 3.63) is 119 Å². The molecule has 3 aromatic rings. The van der Waals surface area contributed by atoms with Gasteiger partial charge in [-0.3, -0.25) is 14.6 Å². The number of esters is 1. The molecule has 224 valence electrons. The number of methoxy groups -OCH3 is 1. The number of hydrogen-bond acceptors (Lipinski definition) is 5. The van der Waals surface area contributed by atoms with Gasteiger partial charge in [0.15, 0.2) is 0 Å². The average Bonchev–Trinajstić information content (AvgIpc) is 3.05. The summed E-state index contributed by atoms with van der Waals surface area (Å²) in [4.78, 5) is 34.6. The fourth-order valence-corrected chi connectivity index (χ4v) is 7.19. The van der Waals surface area contributed by atoms with Crippen LogP contribution >= 0.6 is 0 Å². The zero-order valence-corrected chi connectivity index (χ0v) is 25.6. The molecule has 2 atom stereocenters. The van der Waals surface area contributed by atoms with Crippen LogP contribution in [0.5, 0.6) is 0 Å². The van der Waals surface area contributed by atoms with E-state index in [1.54, 1.807) is 4.90 Å². The molecule has 1 saturated heterocycles. The van der Waals surface area contributed by atoms with E-state index in [4.69, 9.17) is 9.73 Å². The second kappa shape index (κ2) is 14.0. The van der Waals surface area contributed by atoms with Crippen molar-refractivity contribution in [3.8, 4) is 0 Å². The van der Waals surface area contributed by atoms with Gasteiger partial charge in [-0.15, -0.1) is 0 Å². The van der Waals surface area contributed by atoms with E-state index in [1.807, 2.05) is 32.0 Å². The lowest BCUT2D eigenvalue weighted by atomic mass is 9.68. The van der Waals surface area contributed by atoms with Gasteiger partial charge in [-0.05, 0) is 75.9 Å². The molecule has 43 heavy (non-hydrogen) atoms. The molecule has 0 aliphatic carbocycles. The smallest absolute Gasteiger partial charge is 0.315 e. The number of aliphatic imine (C=N–C) groups is 1. The molecule has 1 amide bonds. The fraction of sp³-hybridized carbons (Fsp3) is 0.378. The molecular formula is C37H43N3O3. The minimum Gasteiger partial charge on any atom is -0.468 e. The molecule has 2 heterocycles. The number of ether oxygens (including phenoxy) is 1. The van der Waals surface area contributed by atoms with Crippen LogP contribution in [0.3, 0.4) is 0 Å². The maximum atomic E-state index is 13.0. The predicted octanol–water partition coefficient (Wildman–Crippen LogP) is 6.27. The third kappa shape index (κ3) is 6.65. The fourth-order valence-electron chi connectivity index (χ4n) is 7.19. The predicted molar refractivity (Wildman–Crippen MR) is 172 cm³/mol. The number of likely N-dealkylation sites (tertiary alicyclic amines) is 1. The molecule has 2 unspecified atom stereocenters. The first-order chi connectivity index (χ1) is 21.0. The highest BCUT2D eigenvalue weighted by molar-refractivity contribution is 6.02. The van der Waals surface area contributed by atoms with E-state index in [9.17, 15) is 9.59 Å². The van der Waals surface area contributed by atoms with Gasteiger partial charge in [0.2, 0.25) is 6.41 Å². The van der Waals surface area contributed by atoms with Crippen molar-refractivity contribution >= 4 is 18.1 Å². The molecule has 2 aliphatic rings. The molecule has 6 heteroatoms. The Kier molecular flexibility index (Phi) is 9.88. The Hall–Kier alpha value is -4.03. The number of amides is 1. The van der Waals surface area contributed by atoms with Crippen LogP contribution in [0, 0.1) is 11.8 Å². The van der Waals surface area contributed by atoms with E-state index in [0.29, 0.717) is 13.0 Å². The number of hydrogen-bond donors (Lipinski definition) is 0. The maximum absolute atomic E-state index is 13.0. The molecule has 1 fully saturated rings. The monoisotopic (exact) mass is 577 g/mol. The van der Waals surface area contributed by atoms with Crippen molar-refractivity contribution in [3.63, 3.8) is 0 Å². The summed E-state index contributed by atoms with van der Waals surface area (Å²) < 4.78 is 5.21. The molecule has 2 aliphatic heterocycles. The van der Waals surface area contributed by atoms with Gasteiger partial charge in [-0.2, -0.15) is 0 Å². The molecule has 0 aromatic heterocycles. The Morgan fingerprint density at radius 2 is 1.49 bits per heavy atom. The van der Waals surface area contributed by atoms with Crippen LogP contribution in [0.4, 0.5) is 0 Å². The normalized spacial score (nSPS) is 20.3. The summed E-state index contributed by atoms with van der Waals surface area (Å²) in [6.45, 7) is 7.30. The Labute approximate surface area is 256 Å². The van der Waals surface area contributed by atoms with E-state index in [2.05, 4.69) is 77.7 Å². The second-order valence-corrected chi connectivity index (χ2v) is 11.8. The van der Waals surface area contributed by atoms with Crippen LogP contribution < -0.4 is 0 Å². The lowest BCUT2D eigenvalue weighted by Gasteiger charge is -2.43. The molecule has 6 nitrogen and oxygen atoms in total. The number of carbonyl (C=O) groups is 2. The number of nitrogens with zero attached hydrogens (tertiary/aromatic N) is 3.